The predicted octanol–water partition coefficient (Wildman–Crippen LogP) is 0.390. The molecule has 1 aliphatic heterocycles. The van der Waals surface area contributed by atoms with Gasteiger partial charge in [-0.05, 0) is 32.5 Å². The second-order valence-electron chi connectivity index (χ2n) is 3.72. The lowest BCUT2D eigenvalue weighted by Crippen LogP contribution is -2.44. The van der Waals surface area contributed by atoms with Crippen LogP contribution in [0.4, 0.5) is 0 Å². The molecule has 0 aromatic carbocycles. The van der Waals surface area contributed by atoms with E-state index in [1.165, 1.54) is 0 Å². The fourth-order valence-electron chi connectivity index (χ4n) is 1.69. The molecule has 0 aromatic rings. The maximum atomic E-state index is 11.2. The van der Waals surface area contributed by atoms with Crippen LogP contribution in [0, 0.1) is 0 Å². The van der Waals surface area contributed by atoms with Crippen LogP contribution in [0.15, 0.2) is 0 Å². The van der Waals surface area contributed by atoms with Crippen molar-refractivity contribution in [1.82, 2.24) is 10.2 Å². The summed E-state index contributed by atoms with van der Waals surface area (Å²) in [5.41, 5.74) is 0. The van der Waals surface area contributed by atoms with Gasteiger partial charge in [-0.25, -0.2) is 8.42 Å². The quantitative estimate of drug-likeness (QED) is 0.734. The molecule has 0 unspecified atom stereocenters. The molecule has 15 heavy (non-hydrogen) atoms. The summed E-state index contributed by atoms with van der Waals surface area (Å²) in [4.78, 5) is 2.01. The smallest absolute Gasteiger partial charge is 0.169 e. The standard InChI is InChI=1S/C9H18N2O2S2/c1-3-11(4-2)9(14)10-8-5-6-15(12,13)7-8/h8H,3-7H2,1-2H3,(H,10,14)/t8-/m1/s1. The molecule has 1 rings (SSSR count). The van der Waals surface area contributed by atoms with Gasteiger partial charge in [-0.3, -0.25) is 0 Å². The van der Waals surface area contributed by atoms with Crippen molar-refractivity contribution >= 4 is 27.2 Å². The average molecular weight is 250 g/mol. The molecular weight excluding hydrogens is 232 g/mol. The van der Waals surface area contributed by atoms with Crippen molar-refractivity contribution in [2.24, 2.45) is 0 Å². The largest absolute Gasteiger partial charge is 0.359 e. The molecule has 6 heteroatoms. The predicted molar refractivity (Wildman–Crippen MR) is 65.7 cm³/mol. The van der Waals surface area contributed by atoms with E-state index >= 15 is 0 Å². The summed E-state index contributed by atoms with van der Waals surface area (Å²) in [6, 6.07) is 0.00287. The van der Waals surface area contributed by atoms with Crippen LogP contribution in [0.3, 0.4) is 0 Å². The zero-order valence-electron chi connectivity index (χ0n) is 9.19. The van der Waals surface area contributed by atoms with Crippen LogP contribution in [0.5, 0.6) is 0 Å². The number of hydrogen-bond acceptors (Lipinski definition) is 3. The van der Waals surface area contributed by atoms with Gasteiger partial charge >= 0.3 is 0 Å². The third kappa shape index (κ3) is 3.61. The highest BCUT2D eigenvalue weighted by molar-refractivity contribution is 7.91. The second-order valence-corrected chi connectivity index (χ2v) is 6.34. The Morgan fingerprint density at radius 2 is 2.07 bits per heavy atom. The zero-order valence-corrected chi connectivity index (χ0v) is 10.8. The summed E-state index contributed by atoms with van der Waals surface area (Å²) in [6.45, 7) is 5.76. The third-order valence-electron chi connectivity index (χ3n) is 2.61. The molecule has 1 aliphatic rings. The van der Waals surface area contributed by atoms with E-state index in [-0.39, 0.29) is 17.5 Å². The monoisotopic (exact) mass is 250 g/mol. The Bertz CT molecular complexity index is 323. The van der Waals surface area contributed by atoms with Crippen molar-refractivity contribution < 1.29 is 8.42 Å². The number of nitrogens with zero attached hydrogens (tertiary/aromatic N) is 1. The Morgan fingerprint density at radius 3 is 2.47 bits per heavy atom. The number of sulfone groups is 1. The van der Waals surface area contributed by atoms with Gasteiger partial charge < -0.3 is 10.2 Å². The SMILES string of the molecule is CCN(CC)C(=S)N[C@@H]1CCS(=O)(=O)C1. The van der Waals surface area contributed by atoms with E-state index < -0.39 is 9.84 Å². The molecule has 0 amide bonds. The fourth-order valence-corrected chi connectivity index (χ4v) is 3.78. The first kappa shape index (κ1) is 12.7. The van der Waals surface area contributed by atoms with Crippen LogP contribution in [-0.2, 0) is 9.84 Å². The fraction of sp³-hybridized carbons (Fsp3) is 0.889. The molecule has 1 atom stereocenters. The summed E-state index contributed by atoms with van der Waals surface area (Å²) in [5, 5.41) is 3.78. The Labute approximate surface area is 96.9 Å². The Kier molecular flexibility index (Phi) is 4.33. The van der Waals surface area contributed by atoms with Gasteiger partial charge in [-0.2, -0.15) is 0 Å². The minimum Gasteiger partial charge on any atom is -0.359 e. The Balaban J connectivity index is 2.46. The van der Waals surface area contributed by atoms with E-state index in [1.807, 2.05) is 18.7 Å². The molecule has 1 N–H and O–H groups in total. The molecule has 0 aromatic heterocycles. The van der Waals surface area contributed by atoms with E-state index in [0.717, 1.165) is 13.1 Å². The minimum absolute atomic E-state index is 0.00287. The van der Waals surface area contributed by atoms with Gasteiger partial charge in [0.1, 0.15) is 0 Å². The van der Waals surface area contributed by atoms with Crippen molar-refractivity contribution in [2.45, 2.75) is 26.3 Å². The molecule has 1 heterocycles. The van der Waals surface area contributed by atoms with E-state index in [4.69, 9.17) is 12.2 Å². The van der Waals surface area contributed by atoms with E-state index in [2.05, 4.69) is 5.32 Å². The zero-order chi connectivity index (χ0) is 11.5. The molecule has 4 nitrogen and oxygen atoms in total. The van der Waals surface area contributed by atoms with Gasteiger partial charge in [0.05, 0.1) is 11.5 Å². The normalized spacial score (nSPS) is 23.7. The molecule has 88 valence electrons. The molecule has 0 radical (unpaired) electrons. The summed E-state index contributed by atoms with van der Waals surface area (Å²) < 4.78 is 22.5. The number of rotatable bonds is 3. The molecule has 0 aliphatic carbocycles. The van der Waals surface area contributed by atoms with Gasteiger partial charge in [0.2, 0.25) is 0 Å². The summed E-state index contributed by atoms with van der Waals surface area (Å²) in [6.07, 6.45) is 0.670. The molecule has 0 spiro atoms. The first-order valence-electron chi connectivity index (χ1n) is 5.24. The highest BCUT2D eigenvalue weighted by Gasteiger charge is 2.28. The van der Waals surface area contributed by atoms with Crippen molar-refractivity contribution in [3.63, 3.8) is 0 Å². The second kappa shape index (κ2) is 5.12. The third-order valence-corrected chi connectivity index (χ3v) is 4.75. The van der Waals surface area contributed by atoms with Crippen molar-refractivity contribution in [1.29, 1.82) is 0 Å². The first-order valence-corrected chi connectivity index (χ1v) is 7.47. The van der Waals surface area contributed by atoms with E-state index in [1.54, 1.807) is 0 Å². The van der Waals surface area contributed by atoms with Gasteiger partial charge in [-0.15, -0.1) is 0 Å². The van der Waals surface area contributed by atoms with Crippen LogP contribution in [0.2, 0.25) is 0 Å². The number of hydrogen-bond donors (Lipinski definition) is 1. The molecular formula is C9H18N2O2S2. The van der Waals surface area contributed by atoms with Crippen molar-refractivity contribution in [3.8, 4) is 0 Å². The average Bonchev–Trinajstić information content (AvgIpc) is 2.47. The molecule has 0 bridgehead atoms. The Hall–Kier alpha value is -0.360. The lowest BCUT2D eigenvalue weighted by molar-refractivity contribution is 0.447. The lowest BCUT2D eigenvalue weighted by atomic mass is 10.3. The highest BCUT2D eigenvalue weighted by atomic mass is 32.2. The van der Waals surface area contributed by atoms with Gasteiger partial charge in [0.25, 0.3) is 0 Å². The topological polar surface area (TPSA) is 49.4 Å². The van der Waals surface area contributed by atoms with Crippen LogP contribution >= 0.6 is 12.2 Å². The van der Waals surface area contributed by atoms with Gasteiger partial charge in [0.15, 0.2) is 14.9 Å². The molecule has 1 fully saturated rings. The van der Waals surface area contributed by atoms with Crippen LogP contribution in [0.25, 0.3) is 0 Å². The van der Waals surface area contributed by atoms with Crippen LogP contribution < -0.4 is 5.32 Å². The van der Waals surface area contributed by atoms with Crippen LogP contribution in [0.1, 0.15) is 20.3 Å². The lowest BCUT2D eigenvalue weighted by Gasteiger charge is -2.24. The number of thiocarbonyl (C=S) groups is 1. The number of nitrogens with one attached hydrogen (secondary N) is 1. The summed E-state index contributed by atoms with van der Waals surface area (Å²) >= 11 is 5.21. The summed E-state index contributed by atoms with van der Waals surface area (Å²) in [7, 11) is -2.82. The van der Waals surface area contributed by atoms with Gasteiger partial charge in [-0.1, -0.05) is 0 Å². The maximum Gasteiger partial charge on any atom is 0.169 e. The van der Waals surface area contributed by atoms with E-state index in [0.29, 0.717) is 11.5 Å². The Morgan fingerprint density at radius 1 is 1.47 bits per heavy atom. The molecule has 1 saturated heterocycles. The highest BCUT2D eigenvalue weighted by Crippen LogP contribution is 2.11. The minimum atomic E-state index is -2.82. The summed E-state index contributed by atoms with van der Waals surface area (Å²) in [5.74, 6) is 0.500. The van der Waals surface area contributed by atoms with E-state index in [9.17, 15) is 8.42 Å². The van der Waals surface area contributed by atoms with Crippen molar-refractivity contribution in [3.05, 3.63) is 0 Å². The first-order chi connectivity index (χ1) is 6.98. The maximum absolute atomic E-state index is 11.2. The van der Waals surface area contributed by atoms with Crippen molar-refractivity contribution in [2.75, 3.05) is 24.6 Å². The molecule has 0 saturated carbocycles. The van der Waals surface area contributed by atoms with Gasteiger partial charge in [0, 0.05) is 19.1 Å². The van der Waals surface area contributed by atoms with Crippen LogP contribution in [-0.4, -0.2) is 49.1 Å².